The third-order valence-corrected chi connectivity index (χ3v) is 3.04. The molecule has 0 aliphatic heterocycles. The van der Waals surface area contributed by atoms with Crippen LogP contribution in [-0.4, -0.2) is 42.5 Å². The quantitative estimate of drug-likeness (QED) is 0.292. The number of hydrogen-bond acceptors (Lipinski definition) is 3. The van der Waals surface area contributed by atoms with Gasteiger partial charge in [-0.2, -0.15) is 5.10 Å². The molecule has 2 rings (SSSR count). The van der Waals surface area contributed by atoms with E-state index in [1.165, 1.54) is 0 Å². The Kier molecular flexibility index (Phi) is 9.85. The van der Waals surface area contributed by atoms with E-state index >= 15 is 0 Å². The Bertz CT molecular complexity index is 545. The molecule has 0 amide bonds. The zero-order chi connectivity index (χ0) is 15.5. The van der Waals surface area contributed by atoms with Crippen molar-refractivity contribution in [3.8, 4) is 5.75 Å². The smallest absolute Gasteiger partial charge is 0.191 e. The third kappa shape index (κ3) is 7.87. The van der Waals surface area contributed by atoms with E-state index in [4.69, 9.17) is 4.74 Å². The highest BCUT2D eigenvalue weighted by molar-refractivity contribution is 14.0. The van der Waals surface area contributed by atoms with Crippen molar-refractivity contribution in [1.82, 2.24) is 20.4 Å². The maximum Gasteiger partial charge on any atom is 0.191 e. The first-order chi connectivity index (χ1) is 10.9. The van der Waals surface area contributed by atoms with Gasteiger partial charge in [0.05, 0.1) is 13.2 Å². The molecule has 1 heterocycles. The number of halogens is 1. The van der Waals surface area contributed by atoms with Crippen LogP contribution in [0, 0.1) is 0 Å². The summed E-state index contributed by atoms with van der Waals surface area (Å²) >= 11 is 0. The van der Waals surface area contributed by atoms with Crippen LogP contribution < -0.4 is 15.4 Å². The lowest BCUT2D eigenvalue weighted by Crippen LogP contribution is -2.39. The maximum atomic E-state index is 5.64. The highest BCUT2D eigenvalue weighted by atomic mass is 127. The van der Waals surface area contributed by atoms with Crippen LogP contribution in [0.2, 0.25) is 0 Å². The Labute approximate surface area is 154 Å². The molecule has 0 aliphatic rings. The van der Waals surface area contributed by atoms with E-state index < -0.39 is 0 Å². The average molecular weight is 429 g/mol. The second kappa shape index (κ2) is 11.8. The molecule has 0 fully saturated rings. The van der Waals surface area contributed by atoms with Gasteiger partial charge in [-0.3, -0.25) is 9.67 Å². The predicted octanol–water partition coefficient (Wildman–Crippen LogP) is 2.14. The Balaban J connectivity index is 0.00000264. The molecule has 0 aliphatic carbocycles. The highest BCUT2D eigenvalue weighted by Crippen LogP contribution is 2.07. The molecule has 2 aromatic rings. The molecule has 126 valence electrons. The first-order valence-electron chi connectivity index (χ1n) is 7.48. The maximum absolute atomic E-state index is 5.64. The molecule has 1 aromatic carbocycles. The van der Waals surface area contributed by atoms with Crippen LogP contribution >= 0.6 is 24.0 Å². The largest absolute Gasteiger partial charge is 0.494 e. The van der Waals surface area contributed by atoms with Gasteiger partial charge in [0.25, 0.3) is 0 Å². The summed E-state index contributed by atoms with van der Waals surface area (Å²) in [6.07, 6.45) is 4.63. The van der Waals surface area contributed by atoms with Crippen LogP contribution in [0.4, 0.5) is 0 Å². The van der Waals surface area contributed by atoms with Crippen LogP contribution in [0.1, 0.15) is 6.42 Å². The van der Waals surface area contributed by atoms with Crippen molar-refractivity contribution in [3.63, 3.8) is 0 Å². The third-order valence-electron chi connectivity index (χ3n) is 3.04. The van der Waals surface area contributed by atoms with Gasteiger partial charge < -0.3 is 15.4 Å². The van der Waals surface area contributed by atoms with Crippen molar-refractivity contribution >= 4 is 29.9 Å². The number of ether oxygens (including phenoxy) is 1. The van der Waals surface area contributed by atoms with Crippen LogP contribution in [0.15, 0.2) is 53.8 Å². The van der Waals surface area contributed by atoms with Gasteiger partial charge in [-0.25, -0.2) is 0 Å². The van der Waals surface area contributed by atoms with Gasteiger partial charge in [0.15, 0.2) is 5.96 Å². The highest BCUT2D eigenvalue weighted by Gasteiger charge is 1.98. The number of nitrogens with zero attached hydrogens (tertiary/aromatic N) is 3. The minimum atomic E-state index is 0. The number of rotatable bonds is 8. The molecule has 0 unspecified atom stereocenters. The Morgan fingerprint density at radius 3 is 2.65 bits per heavy atom. The second-order valence-corrected chi connectivity index (χ2v) is 4.71. The Hall–Kier alpha value is -1.77. The molecular weight excluding hydrogens is 405 g/mol. The fraction of sp³-hybridized carbons (Fsp3) is 0.375. The minimum absolute atomic E-state index is 0. The molecule has 23 heavy (non-hydrogen) atoms. The Morgan fingerprint density at radius 1 is 1.17 bits per heavy atom. The lowest BCUT2D eigenvalue weighted by molar-refractivity contribution is 0.311. The van der Waals surface area contributed by atoms with Gasteiger partial charge >= 0.3 is 0 Å². The van der Waals surface area contributed by atoms with E-state index in [-0.39, 0.29) is 24.0 Å². The average Bonchev–Trinajstić information content (AvgIpc) is 3.07. The molecule has 2 N–H and O–H groups in total. The summed E-state index contributed by atoms with van der Waals surface area (Å²) < 4.78 is 7.52. The monoisotopic (exact) mass is 429 g/mol. The van der Waals surface area contributed by atoms with E-state index in [2.05, 4.69) is 20.7 Å². The molecule has 0 saturated heterocycles. The fourth-order valence-electron chi connectivity index (χ4n) is 1.93. The zero-order valence-electron chi connectivity index (χ0n) is 13.3. The molecule has 0 saturated carbocycles. The lowest BCUT2D eigenvalue weighted by Gasteiger charge is -2.12. The normalized spacial score (nSPS) is 10.7. The molecule has 1 aromatic heterocycles. The van der Waals surface area contributed by atoms with Crippen molar-refractivity contribution < 1.29 is 4.74 Å². The first-order valence-corrected chi connectivity index (χ1v) is 7.48. The van der Waals surface area contributed by atoms with Gasteiger partial charge in [0, 0.05) is 32.5 Å². The van der Waals surface area contributed by atoms with Gasteiger partial charge in [-0.05, 0) is 24.6 Å². The summed E-state index contributed by atoms with van der Waals surface area (Å²) in [7, 11) is 1.77. The summed E-state index contributed by atoms with van der Waals surface area (Å²) in [5, 5.41) is 10.7. The SMILES string of the molecule is CN=C(NCCCOc1ccccc1)NCCn1cccn1.I. The Morgan fingerprint density at radius 2 is 1.96 bits per heavy atom. The van der Waals surface area contributed by atoms with Crippen LogP contribution in [0.5, 0.6) is 5.75 Å². The van der Waals surface area contributed by atoms with E-state index in [0.717, 1.165) is 37.8 Å². The molecule has 0 spiro atoms. The van der Waals surface area contributed by atoms with E-state index in [1.54, 1.807) is 13.2 Å². The summed E-state index contributed by atoms with van der Waals surface area (Å²) in [5.41, 5.74) is 0. The van der Waals surface area contributed by atoms with Crippen molar-refractivity contribution in [2.75, 3.05) is 26.7 Å². The summed E-state index contributed by atoms with van der Waals surface area (Å²) in [6, 6.07) is 11.8. The van der Waals surface area contributed by atoms with Gasteiger partial charge in [0.1, 0.15) is 5.75 Å². The molecule has 0 atom stereocenters. The number of guanidine groups is 1. The van der Waals surface area contributed by atoms with Crippen LogP contribution in [-0.2, 0) is 6.54 Å². The minimum Gasteiger partial charge on any atom is -0.494 e. The number of aromatic nitrogens is 2. The summed E-state index contributed by atoms with van der Waals surface area (Å²) in [4.78, 5) is 4.19. The van der Waals surface area contributed by atoms with Gasteiger partial charge in [0.2, 0.25) is 0 Å². The number of nitrogens with one attached hydrogen (secondary N) is 2. The van der Waals surface area contributed by atoms with Crippen molar-refractivity contribution in [2.24, 2.45) is 4.99 Å². The van der Waals surface area contributed by atoms with Crippen LogP contribution in [0.25, 0.3) is 0 Å². The molecular formula is C16H24IN5O. The first kappa shape index (κ1) is 19.3. The van der Waals surface area contributed by atoms with E-state index in [0.29, 0.717) is 6.61 Å². The van der Waals surface area contributed by atoms with Crippen molar-refractivity contribution in [1.29, 1.82) is 0 Å². The summed E-state index contributed by atoms with van der Waals surface area (Å²) in [6.45, 7) is 3.09. The van der Waals surface area contributed by atoms with E-state index in [1.807, 2.05) is 47.3 Å². The van der Waals surface area contributed by atoms with Crippen LogP contribution in [0.3, 0.4) is 0 Å². The standard InChI is InChI=1S/C16H23N5O.HI/c1-17-16(19-11-13-21-12-5-10-20-21)18-9-6-14-22-15-7-3-2-4-8-15;/h2-5,7-8,10,12H,6,9,11,13-14H2,1H3,(H2,17,18,19);1H. The predicted molar refractivity (Wildman–Crippen MR) is 104 cm³/mol. The van der Waals surface area contributed by atoms with Crippen molar-refractivity contribution in [3.05, 3.63) is 48.8 Å². The number of aliphatic imine (C=N–C) groups is 1. The molecule has 0 bridgehead atoms. The topological polar surface area (TPSA) is 63.5 Å². The van der Waals surface area contributed by atoms with Gasteiger partial charge in [-0.15, -0.1) is 24.0 Å². The number of hydrogen-bond donors (Lipinski definition) is 2. The molecule has 7 heteroatoms. The molecule has 6 nitrogen and oxygen atoms in total. The lowest BCUT2D eigenvalue weighted by atomic mass is 10.3. The summed E-state index contributed by atoms with van der Waals surface area (Å²) in [5.74, 6) is 1.70. The van der Waals surface area contributed by atoms with Crippen molar-refractivity contribution in [2.45, 2.75) is 13.0 Å². The fourth-order valence-corrected chi connectivity index (χ4v) is 1.93. The second-order valence-electron chi connectivity index (χ2n) is 4.71. The number of benzene rings is 1. The zero-order valence-corrected chi connectivity index (χ0v) is 15.6. The van der Waals surface area contributed by atoms with E-state index in [9.17, 15) is 0 Å². The number of para-hydroxylation sites is 1. The van der Waals surface area contributed by atoms with Gasteiger partial charge in [-0.1, -0.05) is 18.2 Å². The molecule has 0 radical (unpaired) electrons.